The zero-order chi connectivity index (χ0) is 14.0. The van der Waals surface area contributed by atoms with Gasteiger partial charge < -0.3 is 4.74 Å². The molecule has 0 bridgehead atoms. The summed E-state index contributed by atoms with van der Waals surface area (Å²) in [6.45, 7) is 1.83. The molecule has 98 valence electrons. The van der Waals surface area contributed by atoms with Gasteiger partial charge in [0, 0.05) is 10.6 Å². The van der Waals surface area contributed by atoms with Gasteiger partial charge in [-0.05, 0) is 48.9 Å². The number of hydrogen-bond donors (Lipinski definition) is 0. The first-order valence-corrected chi connectivity index (χ1v) is 6.05. The van der Waals surface area contributed by atoms with E-state index in [1.807, 2.05) is 6.92 Å². The number of halogens is 2. The third-order valence-electron chi connectivity index (χ3n) is 2.83. The Hall–Kier alpha value is -1.87. The van der Waals surface area contributed by atoms with Gasteiger partial charge in [0.1, 0.15) is 11.6 Å². The standard InChI is InChI=1S/C15H12ClFO2/c1-9-7-10(3-6-14(9)19-2)15(18)12-5-4-11(16)8-13(12)17/h3-8H,1-2H3. The fraction of sp³-hybridized carbons (Fsp3) is 0.133. The van der Waals surface area contributed by atoms with E-state index < -0.39 is 5.82 Å². The maximum Gasteiger partial charge on any atom is 0.195 e. The molecule has 0 aromatic heterocycles. The molecule has 0 N–H and O–H groups in total. The minimum absolute atomic E-state index is 0.00830. The molecule has 0 aliphatic heterocycles. The molecule has 2 rings (SSSR count). The first-order chi connectivity index (χ1) is 9.02. The average molecular weight is 279 g/mol. The fourth-order valence-corrected chi connectivity index (χ4v) is 2.01. The Morgan fingerprint density at radius 3 is 2.53 bits per heavy atom. The van der Waals surface area contributed by atoms with Gasteiger partial charge >= 0.3 is 0 Å². The van der Waals surface area contributed by atoms with E-state index in [2.05, 4.69) is 0 Å². The van der Waals surface area contributed by atoms with Crippen LogP contribution in [0.15, 0.2) is 36.4 Å². The van der Waals surface area contributed by atoms with E-state index in [1.54, 1.807) is 25.3 Å². The van der Waals surface area contributed by atoms with Crippen molar-refractivity contribution < 1.29 is 13.9 Å². The lowest BCUT2D eigenvalue weighted by molar-refractivity contribution is 0.103. The highest BCUT2D eigenvalue weighted by Gasteiger charge is 2.15. The number of ether oxygens (including phenoxy) is 1. The Kier molecular flexibility index (Phi) is 3.86. The Labute approximate surface area is 115 Å². The van der Waals surface area contributed by atoms with Gasteiger partial charge in [0.2, 0.25) is 0 Å². The molecule has 0 aliphatic carbocycles. The molecule has 0 fully saturated rings. The third kappa shape index (κ3) is 2.76. The molecule has 0 unspecified atom stereocenters. The molecule has 0 amide bonds. The predicted molar refractivity (Wildman–Crippen MR) is 72.6 cm³/mol. The Morgan fingerprint density at radius 1 is 1.21 bits per heavy atom. The van der Waals surface area contributed by atoms with Crippen LogP contribution in [0.25, 0.3) is 0 Å². The zero-order valence-electron chi connectivity index (χ0n) is 10.5. The largest absolute Gasteiger partial charge is 0.496 e. The lowest BCUT2D eigenvalue weighted by atomic mass is 10.0. The lowest BCUT2D eigenvalue weighted by Crippen LogP contribution is -2.05. The normalized spacial score (nSPS) is 10.3. The maximum atomic E-state index is 13.7. The van der Waals surface area contributed by atoms with Crippen LogP contribution in [-0.2, 0) is 0 Å². The van der Waals surface area contributed by atoms with Gasteiger partial charge in [0.25, 0.3) is 0 Å². The van der Waals surface area contributed by atoms with E-state index in [0.29, 0.717) is 11.3 Å². The Balaban J connectivity index is 2.41. The van der Waals surface area contributed by atoms with E-state index in [9.17, 15) is 9.18 Å². The average Bonchev–Trinajstić information content (AvgIpc) is 2.38. The highest BCUT2D eigenvalue weighted by Crippen LogP contribution is 2.22. The summed E-state index contributed by atoms with van der Waals surface area (Å²) in [6.07, 6.45) is 0. The minimum Gasteiger partial charge on any atom is -0.496 e. The summed E-state index contributed by atoms with van der Waals surface area (Å²) in [6, 6.07) is 8.99. The van der Waals surface area contributed by atoms with E-state index in [-0.39, 0.29) is 16.4 Å². The minimum atomic E-state index is -0.619. The van der Waals surface area contributed by atoms with Crippen molar-refractivity contribution in [1.29, 1.82) is 0 Å². The summed E-state index contributed by atoms with van der Waals surface area (Å²) in [7, 11) is 1.56. The van der Waals surface area contributed by atoms with Crippen LogP contribution in [0.2, 0.25) is 5.02 Å². The SMILES string of the molecule is COc1ccc(C(=O)c2ccc(Cl)cc2F)cc1C. The molecule has 0 radical (unpaired) electrons. The zero-order valence-corrected chi connectivity index (χ0v) is 11.3. The molecule has 19 heavy (non-hydrogen) atoms. The van der Waals surface area contributed by atoms with Crippen molar-refractivity contribution in [3.8, 4) is 5.75 Å². The molecular formula is C15H12ClFO2. The molecule has 0 heterocycles. The summed E-state index contributed by atoms with van der Waals surface area (Å²) in [5, 5.41) is 0.264. The Morgan fingerprint density at radius 2 is 1.95 bits per heavy atom. The van der Waals surface area contributed by atoms with Crippen molar-refractivity contribution >= 4 is 17.4 Å². The third-order valence-corrected chi connectivity index (χ3v) is 3.07. The first-order valence-electron chi connectivity index (χ1n) is 5.67. The van der Waals surface area contributed by atoms with Crippen LogP contribution < -0.4 is 4.74 Å². The summed E-state index contributed by atoms with van der Waals surface area (Å²) < 4.78 is 18.8. The summed E-state index contributed by atoms with van der Waals surface area (Å²) in [5.74, 6) is -0.306. The maximum absolute atomic E-state index is 13.7. The van der Waals surface area contributed by atoms with Crippen LogP contribution in [0.1, 0.15) is 21.5 Å². The quantitative estimate of drug-likeness (QED) is 0.793. The molecular weight excluding hydrogens is 267 g/mol. The molecule has 0 aliphatic rings. The topological polar surface area (TPSA) is 26.3 Å². The molecule has 0 atom stereocenters. The van der Waals surface area contributed by atoms with Gasteiger partial charge in [-0.1, -0.05) is 11.6 Å². The number of methoxy groups -OCH3 is 1. The van der Waals surface area contributed by atoms with Crippen LogP contribution >= 0.6 is 11.6 Å². The van der Waals surface area contributed by atoms with Gasteiger partial charge in [-0.15, -0.1) is 0 Å². The van der Waals surface area contributed by atoms with Crippen LogP contribution in [0.5, 0.6) is 5.75 Å². The lowest BCUT2D eigenvalue weighted by Gasteiger charge is -2.07. The van der Waals surface area contributed by atoms with E-state index >= 15 is 0 Å². The van der Waals surface area contributed by atoms with Crippen molar-refractivity contribution in [3.05, 3.63) is 63.9 Å². The van der Waals surface area contributed by atoms with Crippen molar-refractivity contribution in [1.82, 2.24) is 0 Å². The first kappa shape index (κ1) is 13.6. The second-order valence-corrected chi connectivity index (χ2v) is 4.57. The fourth-order valence-electron chi connectivity index (χ4n) is 1.85. The van der Waals surface area contributed by atoms with Gasteiger partial charge in [-0.25, -0.2) is 4.39 Å². The second-order valence-electron chi connectivity index (χ2n) is 4.14. The molecule has 0 saturated heterocycles. The van der Waals surface area contributed by atoms with Crippen LogP contribution in [0.3, 0.4) is 0 Å². The number of hydrogen-bond acceptors (Lipinski definition) is 2. The van der Waals surface area contributed by atoms with Gasteiger partial charge in [-0.2, -0.15) is 0 Å². The number of ketones is 1. The van der Waals surface area contributed by atoms with Gasteiger partial charge in [0.15, 0.2) is 5.78 Å². The van der Waals surface area contributed by atoms with Crippen molar-refractivity contribution in [2.75, 3.05) is 7.11 Å². The van der Waals surface area contributed by atoms with E-state index in [0.717, 1.165) is 11.6 Å². The molecule has 0 saturated carbocycles. The number of carbonyl (C=O) groups is 1. The molecule has 2 aromatic rings. The molecule has 2 nitrogen and oxygen atoms in total. The smallest absolute Gasteiger partial charge is 0.195 e. The summed E-state index contributed by atoms with van der Waals surface area (Å²) in [5.41, 5.74) is 1.25. The number of carbonyl (C=O) groups excluding carboxylic acids is 1. The number of rotatable bonds is 3. The van der Waals surface area contributed by atoms with Crippen LogP contribution in [-0.4, -0.2) is 12.9 Å². The second kappa shape index (κ2) is 5.41. The van der Waals surface area contributed by atoms with Gasteiger partial charge in [0.05, 0.1) is 12.7 Å². The Bertz CT molecular complexity index is 638. The predicted octanol–water partition coefficient (Wildman–Crippen LogP) is 4.03. The highest BCUT2D eigenvalue weighted by molar-refractivity contribution is 6.30. The summed E-state index contributed by atoms with van der Waals surface area (Å²) in [4.78, 5) is 12.2. The van der Waals surface area contributed by atoms with Gasteiger partial charge in [-0.3, -0.25) is 4.79 Å². The monoisotopic (exact) mass is 278 g/mol. The van der Waals surface area contributed by atoms with Crippen molar-refractivity contribution in [2.45, 2.75) is 6.92 Å². The number of benzene rings is 2. The van der Waals surface area contributed by atoms with E-state index in [4.69, 9.17) is 16.3 Å². The van der Waals surface area contributed by atoms with Crippen LogP contribution in [0.4, 0.5) is 4.39 Å². The van der Waals surface area contributed by atoms with Crippen molar-refractivity contribution in [2.24, 2.45) is 0 Å². The molecule has 0 spiro atoms. The van der Waals surface area contributed by atoms with E-state index in [1.165, 1.54) is 12.1 Å². The van der Waals surface area contributed by atoms with Crippen molar-refractivity contribution in [3.63, 3.8) is 0 Å². The molecule has 2 aromatic carbocycles. The van der Waals surface area contributed by atoms with Crippen LogP contribution in [0, 0.1) is 12.7 Å². The molecule has 4 heteroatoms. The summed E-state index contributed by atoms with van der Waals surface area (Å²) >= 11 is 5.66. The number of aryl methyl sites for hydroxylation is 1. The highest BCUT2D eigenvalue weighted by atomic mass is 35.5.